The Hall–Kier alpha value is -3.60. The zero-order valence-electron chi connectivity index (χ0n) is 14.1. The van der Waals surface area contributed by atoms with Gasteiger partial charge in [-0.25, -0.2) is 4.90 Å². The molecule has 144 valence electrons. The number of rotatable bonds is 5. The number of hydrogen-bond acceptors (Lipinski definition) is 8. The number of nitro groups is 1. The molecule has 0 radical (unpaired) electrons. The number of aromatic hydroxyl groups is 2. The van der Waals surface area contributed by atoms with E-state index in [1.807, 2.05) is 0 Å². The summed E-state index contributed by atoms with van der Waals surface area (Å²) in [5.41, 5.74) is -0.115. The molecule has 0 bridgehead atoms. The number of hydrogen-bond donors (Lipinski definition) is 3. The Bertz CT molecular complexity index is 977. The summed E-state index contributed by atoms with van der Waals surface area (Å²) in [6.45, 7) is 0. The van der Waals surface area contributed by atoms with E-state index in [9.17, 15) is 34.7 Å². The van der Waals surface area contributed by atoms with Crippen LogP contribution in [-0.4, -0.2) is 37.4 Å². The molecular weight excluding hydrogens is 390 g/mol. The van der Waals surface area contributed by atoms with Crippen LogP contribution in [0.3, 0.4) is 0 Å². The van der Waals surface area contributed by atoms with Crippen molar-refractivity contribution in [2.45, 2.75) is 11.7 Å². The van der Waals surface area contributed by atoms with Crippen molar-refractivity contribution < 1.29 is 29.5 Å². The second-order valence-electron chi connectivity index (χ2n) is 5.77. The van der Waals surface area contributed by atoms with Gasteiger partial charge in [-0.2, -0.15) is 0 Å². The van der Waals surface area contributed by atoms with Gasteiger partial charge in [0.25, 0.3) is 10.9 Å². The topological polar surface area (TPSA) is 150 Å². The van der Waals surface area contributed by atoms with Gasteiger partial charge in [-0.3, -0.25) is 24.5 Å². The number of nitrogens with zero attached hydrogens (tertiary/aromatic N) is 2. The number of carbonyl (C=O) groups excluding carboxylic acids is 3. The third-order valence-electron chi connectivity index (χ3n) is 3.87. The van der Waals surface area contributed by atoms with Gasteiger partial charge in [0.1, 0.15) is 16.7 Å². The highest BCUT2D eigenvalue weighted by molar-refractivity contribution is 8.15. The van der Waals surface area contributed by atoms with Gasteiger partial charge in [-0.1, -0.05) is 0 Å². The van der Waals surface area contributed by atoms with Gasteiger partial charge in [0.15, 0.2) is 0 Å². The molecule has 1 heterocycles. The van der Waals surface area contributed by atoms with Crippen molar-refractivity contribution in [3.8, 4) is 11.5 Å². The van der Waals surface area contributed by atoms with E-state index < -0.39 is 33.0 Å². The molecular formula is C17H13N3O7S. The lowest BCUT2D eigenvalue weighted by Gasteiger charge is -2.14. The minimum absolute atomic E-state index is 0.0191. The summed E-state index contributed by atoms with van der Waals surface area (Å²) in [7, 11) is 0. The lowest BCUT2D eigenvalue weighted by molar-refractivity contribution is -0.384. The molecule has 3 amide bonds. The number of anilines is 2. The molecule has 0 aliphatic carbocycles. The fourth-order valence-electron chi connectivity index (χ4n) is 2.53. The van der Waals surface area contributed by atoms with Crippen LogP contribution in [0.15, 0.2) is 42.5 Å². The number of thioether (sulfide) groups is 1. The summed E-state index contributed by atoms with van der Waals surface area (Å²) in [6.07, 6.45) is -0.333. The van der Waals surface area contributed by atoms with Crippen LogP contribution in [0.5, 0.6) is 11.5 Å². The molecule has 1 unspecified atom stereocenters. The second kappa shape index (κ2) is 7.56. The molecule has 1 aliphatic heterocycles. The van der Waals surface area contributed by atoms with Crippen molar-refractivity contribution >= 4 is 45.9 Å². The van der Waals surface area contributed by atoms with Crippen LogP contribution in [0.4, 0.5) is 21.9 Å². The minimum atomic E-state index is -0.957. The first kappa shape index (κ1) is 19.2. The number of nitrogens with one attached hydrogen (secondary N) is 1. The second-order valence-corrected chi connectivity index (χ2v) is 6.93. The molecule has 1 fully saturated rings. The molecule has 3 N–H and O–H groups in total. The predicted octanol–water partition coefficient (Wildman–Crippen LogP) is 2.60. The van der Waals surface area contributed by atoms with Crippen LogP contribution in [0, 0.1) is 10.1 Å². The lowest BCUT2D eigenvalue weighted by Crippen LogP contribution is -2.32. The number of phenolic OH excluding ortho intramolecular Hbond substituents is 2. The molecule has 3 rings (SSSR count). The van der Waals surface area contributed by atoms with E-state index in [1.54, 1.807) is 0 Å². The summed E-state index contributed by atoms with van der Waals surface area (Å²) in [6, 6.07) is 8.65. The summed E-state index contributed by atoms with van der Waals surface area (Å²) >= 11 is 0.693. The van der Waals surface area contributed by atoms with Gasteiger partial charge in [0.05, 0.1) is 22.4 Å². The normalized spacial score (nSPS) is 16.3. The SMILES string of the molecule is O=C(CC1SC(=O)N(c2ccc(O)cc2)C1=O)Nc1ccc([N+](=O)[O-])cc1O. The van der Waals surface area contributed by atoms with Gasteiger partial charge < -0.3 is 15.5 Å². The third kappa shape index (κ3) is 3.88. The van der Waals surface area contributed by atoms with Crippen molar-refractivity contribution in [3.05, 3.63) is 52.6 Å². The van der Waals surface area contributed by atoms with Crippen LogP contribution < -0.4 is 10.2 Å². The Morgan fingerprint density at radius 1 is 1.18 bits per heavy atom. The standard InChI is InChI=1S/C17H13N3O7S/c21-11-4-1-9(2-5-11)19-16(24)14(28-17(19)25)8-15(23)18-12-6-3-10(20(26)27)7-13(12)22/h1-7,14,21-22H,8H2,(H,18,23). The Morgan fingerprint density at radius 3 is 2.46 bits per heavy atom. The fraction of sp³-hybridized carbons (Fsp3) is 0.118. The first-order valence-corrected chi connectivity index (χ1v) is 8.75. The minimum Gasteiger partial charge on any atom is -0.508 e. The average molecular weight is 403 g/mol. The summed E-state index contributed by atoms with van der Waals surface area (Å²) in [5.74, 6) is -1.73. The van der Waals surface area contributed by atoms with E-state index in [2.05, 4.69) is 5.32 Å². The Kier molecular flexibility index (Phi) is 5.18. The number of benzene rings is 2. The fourth-order valence-corrected chi connectivity index (χ4v) is 3.52. The molecule has 11 heteroatoms. The molecule has 0 saturated carbocycles. The van der Waals surface area contributed by atoms with E-state index in [0.717, 1.165) is 17.0 Å². The number of amides is 3. The van der Waals surface area contributed by atoms with E-state index in [-0.39, 0.29) is 29.2 Å². The maximum Gasteiger partial charge on any atom is 0.293 e. The Labute approximate surface area is 161 Å². The van der Waals surface area contributed by atoms with Crippen LogP contribution in [-0.2, 0) is 9.59 Å². The number of nitro benzene ring substituents is 1. The highest BCUT2D eigenvalue weighted by Crippen LogP contribution is 2.34. The summed E-state index contributed by atoms with van der Waals surface area (Å²) in [4.78, 5) is 47.7. The van der Waals surface area contributed by atoms with Crippen molar-refractivity contribution in [1.82, 2.24) is 0 Å². The molecule has 1 atom stereocenters. The predicted molar refractivity (Wildman–Crippen MR) is 100 cm³/mol. The quantitative estimate of drug-likeness (QED) is 0.392. The van der Waals surface area contributed by atoms with Gasteiger partial charge in [-0.05, 0) is 42.1 Å². The molecule has 1 saturated heterocycles. The van der Waals surface area contributed by atoms with E-state index in [0.29, 0.717) is 11.8 Å². The summed E-state index contributed by atoms with van der Waals surface area (Å²) in [5, 5.41) is 30.6. The molecule has 10 nitrogen and oxygen atoms in total. The lowest BCUT2D eigenvalue weighted by atomic mass is 10.2. The largest absolute Gasteiger partial charge is 0.508 e. The van der Waals surface area contributed by atoms with Crippen molar-refractivity contribution in [1.29, 1.82) is 0 Å². The monoisotopic (exact) mass is 403 g/mol. The number of phenols is 2. The van der Waals surface area contributed by atoms with Gasteiger partial charge >= 0.3 is 0 Å². The molecule has 1 aliphatic rings. The van der Waals surface area contributed by atoms with Crippen LogP contribution in [0.25, 0.3) is 0 Å². The maximum absolute atomic E-state index is 12.5. The van der Waals surface area contributed by atoms with Crippen molar-refractivity contribution in [2.75, 3.05) is 10.2 Å². The van der Waals surface area contributed by atoms with Gasteiger partial charge in [0.2, 0.25) is 11.8 Å². The number of carbonyl (C=O) groups is 3. The van der Waals surface area contributed by atoms with Crippen molar-refractivity contribution in [2.24, 2.45) is 0 Å². The molecule has 28 heavy (non-hydrogen) atoms. The Balaban J connectivity index is 1.68. The average Bonchev–Trinajstić information content (AvgIpc) is 2.91. The third-order valence-corrected chi connectivity index (χ3v) is 4.90. The zero-order valence-corrected chi connectivity index (χ0v) is 14.9. The maximum atomic E-state index is 12.5. The molecule has 0 spiro atoms. The first-order chi connectivity index (χ1) is 13.3. The summed E-state index contributed by atoms with van der Waals surface area (Å²) < 4.78 is 0. The smallest absolute Gasteiger partial charge is 0.293 e. The van der Waals surface area contributed by atoms with E-state index >= 15 is 0 Å². The first-order valence-electron chi connectivity index (χ1n) is 7.87. The highest BCUT2D eigenvalue weighted by atomic mass is 32.2. The molecule has 2 aromatic carbocycles. The number of non-ortho nitro benzene ring substituents is 1. The van der Waals surface area contributed by atoms with Crippen LogP contribution in [0.2, 0.25) is 0 Å². The van der Waals surface area contributed by atoms with E-state index in [4.69, 9.17) is 0 Å². The van der Waals surface area contributed by atoms with Gasteiger partial charge in [-0.15, -0.1) is 0 Å². The Morgan fingerprint density at radius 2 is 1.86 bits per heavy atom. The molecule has 2 aromatic rings. The number of imide groups is 1. The van der Waals surface area contributed by atoms with Crippen LogP contribution in [0.1, 0.15) is 6.42 Å². The molecule has 0 aromatic heterocycles. The van der Waals surface area contributed by atoms with Crippen molar-refractivity contribution in [3.63, 3.8) is 0 Å². The van der Waals surface area contributed by atoms with E-state index in [1.165, 1.54) is 30.3 Å². The van der Waals surface area contributed by atoms with Gasteiger partial charge in [0, 0.05) is 12.5 Å². The zero-order chi connectivity index (χ0) is 20.4. The highest BCUT2D eigenvalue weighted by Gasteiger charge is 2.41. The van der Waals surface area contributed by atoms with Crippen LogP contribution >= 0.6 is 11.8 Å².